The zero-order valence-corrected chi connectivity index (χ0v) is 35.7. The van der Waals surface area contributed by atoms with E-state index in [0.717, 1.165) is 65.7 Å². The van der Waals surface area contributed by atoms with Crippen molar-refractivity contribution in [1.29, 1.82) is 0 Å². The van der Waals surface area contributed by atoms with Crippen LogP contribution in [0.3, 0.4) is 0 Å². The van der Waals surface area contributed by atoms with Crippen LogP contribution in [0.5, 0.6) is 0 Å². The molecule has 0 radical (unpaired) electrons. The first-order chi connectivity index (χ1) is 29.4. The summed E-state index contributed by atoms with van der Waals surface area (Å²) in [6, 6.07) is 10.8. The Balaban J connectivity index is 1.04. The Kier molecular flexibility index (Phi) is 11.7. The molecule has 2 aromatic carbocycles. The first-order valence-electron chi connectivity index (χ1n) is 21.5. The summed E-state index contributed by atoms with van der Waals surface area (Å²) in [6.07, 6.45) is 7.49. The number of nitrogens with zero attached hydrogens (tertiary/aromatic N) is 4. The van der Waals surface area contributed by atoms with Crippen molar-refractivity contribution in [1.82, 2.24) is 40.4 Å². The monoisotopic (exact) mass is 832 g/mol. The number of ketones is 1. The molecule has 0 bridgehead atoms. The van der Waals surface area contributed by atoms with Crippen molar-refractivity contribution in [3.63, 3.8) is 0 Å². The van der Waals surface area contributed by atoms with Gasteiger partial charge in [0.2, 0.25) is 11.8 Å². The van der Waals surface area contributed by atoms with Crippen molar-refractivity contribution in [2.24, 2.45) is 17.8 Å². The largest absolute Gasteiger partial charge is 0.453 e. The number of aromatic amines is 2. The van der Waals surface area contributed by atoms with E-state index in [2.05, 4.69) is 57.0 Å². The predicted molar refractivity (Wildman–Crippen MR) is 227 cm³/mol. The number of nitrogens with one attached hydrogen (secondary N) is 4. The summed E-state index contributed by atoms with van der Waals surface area (Å²) in [5.41, 5.74) is 8.36. The molecule has 6 atom stereocenters. The van der Waals surface area contributed by atoms with Crippen molar-refractivity contribution in [3.8, 4) is 33.6 Å². The number of rotatable bonds is 11. The predicted octanol–water partition coefficient (Wildman–Crippen LogP) is 6.84. The quantitative estimate of drug-likeness (QED) is 0.125. The molecule has 15 nitrogen and oxygen atoms in total. The lowest BCUT2D eigenvalue weighted by molar-refractivity contribution is -0.136. The van der Waals surface area contributed by atoms with Crippen LogP contribution >= 0.6 is 0 Å². The number of likely N-dealkylation sites (tertiary alicyclic amines) is 2. The maximum Gasteiger partial charge on any atom is 0.407 e. The van der Waals surface area contributed by atoms with E-state index in [1.165, 1.54) is 25.3 Å². The van der Waals surface area contributed by atoms with Crippen LogP contribution in [0.1, 0.15) is 107 Å². The number of amides is 4. The van der Waals surface area contributed by atoms with Gasteiger partial charge < -0.3 is 39.9 Å². The van der Waals surface area contributed by atoms with Gasteiger partial charge in [0, 0.05) is 31.5 Å². The topological polar surface area (TPSA) is 192 Å². The summed E-state index contributed by atoms with van der Waals surface area (Å²) in [5.74, 6) is 1.57. The zero-order valence-electron chi connectivity index (χ0n) is 35.7. The van der Waals surface area contributed by atoms with E-state index in [1.807, 2.05) is 43.7 Å². The Bertz CT molecular complexity index is 2320. The molecule has 4 heterocycles. The normalized spacial score (nSPS) is 21.7. The molecule has 3 fully saturated rings. The Morgan fingerprint density at radius 1 is 0.689 bits per heavy atom. The van der Waals surface area contributed by atoms with Crippen molar-refractivity contribution in [2.45, 2.75) is 103 Å². The molecule has 2 aliphatic carbocycles. The smallest absolute Gasteiger partial charge is 0.407 e. The van der Waals surface area contributed by atoms with Crippen molar-refractivity contribution in [2.75, 3.05) is 27.3 Å². The average molecular weight is 833 g/mol. The highest BCUT2D eigenvalue weighted by atomic mass is 16.5. The number of carbonyl (C=O) groups excluding carboxylic acids is 5. The van der Waals surface area contributed by atoms with Gasteiger partial charge in [-0.3, -0.25) is 14.4 Å². The number of methoxy groups -OCH3 is 2. The van der Waals surface area contributed by atoms with Crippen molar-refractivity contribution >= 4 is 29.8 Å². The molecular weight excluding hydrogens is 777 g/mol. The van der Waals surface area contributed by atoms with Gasteiger partial charge in [-0.15, -0.1) is 0 Å². The van der Waals surface area contributed by atoms with Gasteiger partial charge in [0.15, 0.2) is 0 Å². The summed E-state index contributed by atoms with van der Waals surface area (Å²) >= 11 is 0. The van der Waals surface area contributed by atoms with Gasteiger partial charge in [-0.1, -0.05) is 64.1 Å². The summed E-state index contributed by atoms with van der Waals surface area (Å²) in [4.78, 5) is 84.6. The number of fused-ring (bicyclic) bond motifs is 3. The lowest BCUT2D eigenvalue weighted by Crippen LogP contribution is -2.51. The molecule has 4 N–H and O–H groups in total. The minimum absolute atomic E-state index is 0.121. The minimum Gasteiger partial charge on any atom is -0.453 e. The van der Waals surface area contributed by atoms with Gasteiger partial charge in [-0.05, 0) is 83.6 Å². The van der Waals surface area contributed by atoms with E-state index in [9.17, 15) is 24.0 Å². The summed E-state index contributed by atoms with van der Waals surface area (Å²) in [6.45, 7) is 8.75. The number of benzene rings is 2. The average Bonchev–Trinajstić information content (AvgIpc) is 4.11. The maximum atomic E-state index is 13.8. The first kappa shape index (κ1) is 41.7. The number of imidazole rings is 2. The third kappa shape index (κ3) is 8.02. The van der Waals surface area contributed by atoms with Gasteiger partial charge in [-0.25, -0.2) is 19.6 Å². The summed E-state index contributed by atoms with van der Waals surface area (Å²) in [7, 11) is 2.58. The number of hydrogen-bond donors (Lipinski definition) is 4. The molecule has 4 aliphatic rings. The van der Waals surface area contributed by atoms with Crippen LogP contribution in [0.4, 0.5) is 9.59 Å². The molecule has 2 saturated heterocycles. The van der Waals surface area contributed by atoms with Crippen LogP contribution < -0.4 is 10.6 Å². The van der Waals surface area contributed by atoms with Gasteiger partial charge in [0.05, 0.1) is 50.1 Å². The number of H-pyrrole nitrogens is 2. The molecule has 5 unspecified atom stereocenters. The molecule has 8 rings (SSSR count). The fraction of sp³-hybridized carbons (Fsp3) is 0.500. The van der Waals surface area contributed by atoms with Gasteiger partial charge >= 0.3 is 12.2 Å². The fourth-order valence-corrected chi connectivity index (χ4v) is 10.1. The molecule has 1 saturated carbocycles. The second-order valence-electron chi connectivity index (χ2n) is 17.6. The molecular formula is C46H56N8O7. The lowest BCUT2D eigenvalue weighted by atomic mass is 9.87. The third-order valence-electron chi connectivity index (χ3n) is 13.2. The van der Waals surface area contributed by atoms with Crippen LogP contribution in [0.2, 0.25) is 0 Å². The summed E-state index contributed by atoms with van der Waals surface area (Å²) in [5, 5.41) is 5.42. The second-order valence-corrected chi connectivity index (χ2v) is 17.6. The van der Waals surface area contributed by atoms with E-state index in [1.54, 1.807) is 6.20 Å². The van der Waals surface area contributed by atoms with E-state index in [4.69, 9.17) is 19.4 Å². The number of alkyl carbamates (subject to hydrolysis) is 2. The van der Waals surface area contributed by atoms with Crippen LogP contribution in [0, 0.1) is 17.8 Å². The first-order valence-corrected chi connectivity index (χ1v) is 21.5. The Labute approximate surface area is 355 Å². The molecule has 61 heavy (non-hydrogen) atoms. The van der Waals surface area contributed by atoms with Gasteiger partial charge in [0.1, 0.15) is 29.5 Å². The van der Waals surface area contributed by atoms with E-state index in [-0.39, 0.29) is 47.6 Å². The second kappa shape index (κ2) is 17.2. The number of aromatic nitrogens is 4. The molecule has 2 aliphatic heterocycles. The lowest BCUT2D eigenvalue weighted by Gasteiger charge is -2.30. The highest BCUT2D eigenvalue weighted by Crippen LogP contribution is 2.53. The fourth-order valence-electron chi connectivity index (χ4n) is 10.1. The van der Waals surface area contributed by atoms with Gasteiger partial charge in [-0.2, -0.15) is 0 Å². The van der Waals surface area contributed by atoms with Crippen molar-refractivity contribution < 1.29 is 33.4 Å². The van der Waals surface area contributed by atoms with E-state index >= 15 is 0 Å². The molecule has 15 heteroatoms. The van der Waals surface area contributed by atoms with Crippen molar-refractivity contribution in [3.05, 3.63) is 71.6 Å². The van der Waals surface area contributed by atoms with Crippen LogP contribution in [0.15, 0.2) is 48.8 Å². The third-order valence-corrected chi connectivity index (χ3v) is 13.2. The molecule has 322 valence electrons. The van der Waals surface area contributed by atoms with E-state index in [0.29, 0.717) is 43.4 Å². The van der Waals surface area contributed by atoms with Gasteiger partial charge in [0.25, 0.3) is 0 Å². The van der Waals surface area contributed by atoms with Crippen LogP contribution in [-0.4, -0.2) is 98.9 Å². The molecule has 4 amide bonds. The molecule has 2 aromatic heterocycles. The highest BCUT2D eigenvalue weighted by molar-refractivity contribution is 5.88. The highest BCUT2D eigenvalue weighted by Gasteiger charge is 2.44. The zero-order chi connectivity index (χ0) is 43.1. The van der Waals surface area contributed by atoms with E-state index < -0.39 is 24.3 Å². The Morgan fingerprint density at radius 2 is 1.20 bits per heavy atom. The number of ether oxygens (including phenoxy) is 2. The summed E-state index contributed by atoms with van der Waals surface area (Å²) < 4.78 is 9.58. The Morgan fingerprint density at radius 3 is 1.74 bits per heavy atom. The minimum atomic E-state index is -0.714. The Hall–Kier alpha value is -5.99. The molecule has 4 aromatic rings. The van der Waals surface area contributed by atoms with Crippen LogP contribution in [-0.2, 0) is 30.3 Å². The number of carbonyl (C=O) groups is 5. The number of Topliss-reactive ketones (excluding diaryl/α,β-unsaturated/α-hetero) is 1. The maximum absolute atomic E-state index is 13.8. The molecule has 0 spiro atoms. The standard InChI is InChI=1S/C46H56N8O7/c1-24(2)39(51-45(58)60-5)43(56)53-17-7-9-36(53)41-47-22-34(49-41)27-13-11-26(12-14-27)30-15-16-31(33-20-28-19-29(55)21-32(28)38(30)33)35-23-48-42(50-35)37-10-8-18-54(37)44(57)40(25(3)4)52-46(59)61-6/h11-16,22-25,28,32,36-37,39-40H,7-10,17-21H2,1-6H3,(H,47,49)(H,48,50)(H,51,58)(H,52,59)/t28?,32?,36?,37-,39?,40?/m0/s1. The SMILES string of the molecule is COC(=O)NC(C(=O)N1CCCC1c1ncc(-c2ccc(-c3ccc(-c4cnc([C@@H]5CCCN5C(=O)C(NC(=O)OC)C(C)C)[nH]4)c4c3C3CC(=O)CC3C4)cc2)[nH]1)C(C)C. The van der Waals surface area contributed by atoms with Crippen LogP contribution in [0.25, 0.3) is 33.6 Å². The number of hydrogen-bond acceptors (Lipinski definition) is 9.